The van der Waals surface area contributed by atoms with Gasteiger partial charge < -0.3 is 15.7 Å². The number of amides is 2. The van der Waals surface area contributed by atoms with Gasteiger partial charge in [0.2, 0.25) is 5.91 Å². The van der Waals surface area contributed by atoms with Gasteiger partial charge in [-0.25, -0.2) is 0 Å². The third-order valence-electron chi connectivity index (χ3n) is 4.21. The number of aryl methyl sites for hydroxylation is 1. The van der Waals surface area contributed by atoms with Gasteiger partial charge in [0, 0.05) is 17.3 Å². The summed E-state index contributed by atoms with van der Waals surface area (Å²) in [4.78, 5) is 39.3. The van der Waals surface area contributed by atoms with Crippen LogP contribution in [0.15, 0.2) is 54.7 Å². The van der Waals surface area contributed by atoms with E-state index in [0.29, 0.717) is 16.8 Å². The fraction of sp³-hybridized carbons (Fsp3) is 0.143. The zero-order valence-corrected chi connectivity index (χ0v) is 15.2. The summed E-state index contributed by atoms with van der Waals surface area (Å²) in [7, 11) is 0. The van der Waals surface area contributed by atoms with Gasteiger partial charge in [-0.1, -0.05) is 30.3 Å². The summed E-state index contributed by atoms with van der Waals surface area (Å²) in [5.74, 6) is -1.70. The second kappa shape index (κ2) is 8.30. The Bertz CT molecular complexity index is 1050. The van der Waals surface area contributed by atoms with E-state index >= 15 is 0 Å². The third kappa shape index (κ3) is 4.50. The Labute approximate surface area is 161 Å². The largest absolute Gasteiger partial charge is 0.480 e. The van der Waals surface area contributed by atoms with Crippen LogP contribution >= 0.6 is 0 Å². The van der Waals surface area contributed by atoms with Crippen LogP contribution in [0.3, 0.4) is 0 Å². The summed E-state index contributed by atoms with van der Waals surface area (Å²) < 4.78 is 0. The lowest BCUT2D eigenvalue weighted by molar-refractivity contribution is -0.137. The first kappa shape index (κ1) is 19.0. The molecule has 2 amide bonds. The van der Waals surface area contributed by atoms with Crippen LogP contribution in [0.1, 0.15) is 21.5 Å². The molecule has 1 heterocycles. The van der Waals surface area contributed by atoms with Crippen molar-refractivity contribution in [1.82, 2.24) is 10.3 Å². The predicted octanol–water partition coefficient (Wildman–Crippen LogP) is 2.54. The molecule has 0 radical (unpaired) electrons. The van der Waals surface area contributed by atoms with Crippen LogP contribution in [0.2, 0.25) is 0 Å². The molecule has 0 spiro atoms. The normalized spacial score (nSPS) is 10.5. The van der Waals surface area contributed by atoms with Crippen LogP contribution in [-0.4, -0.2) is 34.4 Å². The lowest BCUT2D eigenvalue weighted by Crippen LogP contribution is -2.30. The summed E-state index contributed by atoms with van der Waals surface area (Å²) in [6.07, 6.45) is 1.74. The van der Waals surface area contributed by atoms with Crippen LogP contribution in [0.5, 0.6) is 0 Å². The van der Waals surface area contributed by atoms with Crippen molar-refractivity contribution in [3.8, 4) is 0 Å². The van der Waals surface area contributed by atoms with Gasteiger partial charge in [-0.2, -0.15) is 0 Å². The number of fused-ring (bicyclic) bond motifs is 1. The van der Waals surface area contributed by atoms with E-state index in [1.165, 1.54) is 0 Å². The highest BCUT2D eigenvalue weighted by atomic mass is 16.4. The van der Waals surface area contributed by atoms with Crippen LogP contribution in [-0.2, 0) is 16.0 Å². The number of carboxylic acids is 1. The van der Waals surface area contributed by atoms with Gasteiger partial charge in [0.1, 0.15) is 6.54 Å². The molecule has 0 aliphatic carbocycles. The van der Waals surface area contributed by atoms with Crippen molar-refractivity contribution >= 4 is 34.4 Å². The van der Waals surface area contributed by atoms with Gasteiger partial charge in [-0.15, -0.1) is 0 Å². The van der Waals surface area contributed by atoms with Gasteiger partial charge in [0.25, 0.3) is 5.91 Å². The van der Waals surface area contributed by atoms with Gasteiger partial charge in [0.05, 0.1) is 17.5 Å². The highest BCUT2D eigenvalue weighted by Gasteiger charge is 2.14. The Kier molecular flexibility index (Phi) is 5.64. The number of nitrogens with one attached hydrogen (secondary N) is 2. The second-order valence-corrected chi connectivity index (χ2v) is 6.33. The number of carbonyl (C=O) groups is 3. The van der Waals surface area contributed by atoms with Crippen LogP contribution in [0, 0.1) is 6.92 Å². The minimum absolute atomic E-state index is 0.0651. The van der Waals surface area contributed by atoms with Gasteiger partial charge in [-0.05, 0) is 36.2 Å². The molecule has 28 heavy (non-hydrogen) atoms. The number of aromatic nitrogens is 1. The molecule has 0 unspecified atom stereocenters. The smallest absolute Gasteiger partial charge is 0.322 e. The summed E-state index contributed by atoms with van der Waals surface area (Å²) in [6, 6.07) is 14.3. The number of carboxylic acid groups (broad SMARTS) is 1. The zero-order valence-electron chi connectivity index (χ0n) is 15.2. The van der Waals surface area contributed by atoms with E-state index < -0.39 is 12.5 Å². The van der Waals surface area contributed by atoms with Crippen LogP contribution in [0.25, 0.3) is 10.9 Å². The number of para-hydroxylation sites is 1. The molecular weight excluding hydrogens is 358 g/mol. The molecule has 1 aromatic heterocycles. The van der Waals surface area contributed by atoms with Crippen molar-refractivity contribution in [1.29, 1.82) is 0 Å². The minimum atomic E-state index is -1.09. The van der Waals surface area contributed by atoms with E-state index in [9.17, 15) is 14.4 Å². The molecule has 0 atom stereocenters. The first-order chi connectivity index (χ1) is 13.4. The van der Waals surface area contributed by atoms with Crippen LogP contribution < -0.4 is 10.6 Å². The fourth-order valence-electron chi connectivity index (χ4n) is 2.86. The van der Waals surface area contributed by atoms with Crippen molar-refractivity contribution in [2.75, 3.05) is 11.9 Å². The Balaban J connectivity index is 1.71. The van der Waals surface area contributed by atoms with Gasteiger partial charge in [0.15, 0.2) is 0 Å². The van der Waals surface area contributed by atoms with E-state index in [4.69, 9.17) is 5.11 Å². The molecule has 0 aliphatic heterocycles. The third-order valence-corrected chi connectivity index (χ3v) is 4.21. The SMILES string of the molecule is Cc1cnc2ccccc2c1C(=O)Nc1ccc(CC(=O)NCC(=O)O)cc1. The molecule has 3 rings (SSSR count). The minimum Gasteiger partial charge on any atom is -0.480 e. The van der Waals surface area contributed by atoms with E-state index in [1.807, 2.05) is 31.2 Å². The topological polar surface area (TPSA) is 108 Å². The Morgan fingerprint density at radius 3 is 2.46 bits per heavy atom. The lowest BCUT2D eigenvalue weighted by atomic mass is 10.0. The highest BCUT2D eigenvalue weighted by Crippen LogP contribution is 2.21. The number of anilines is 1. The van der Waals surface area contributed by atoms with Crippen molar-refractivity contribution in [2.45, 2.75) is 13.3 Å². The molecule has 7 heteroatoms. The maximum atomic E-state index is 12.8. The quantitative estimate of drug-likeness (QED) is 0.612. The molecular formula is C21H19N3O4. The first-order valence-corrected chi connectivity index (χ1v) is 8.67. The maximum absolute atomic E-state index is 12.8. The van der Waals surface area contributed by atoms with E-state index in [2.05, 4.69) is 15.6 Å². The lowest BCUT2D eigenvalue weighted by Gasteiger charge is -2.11. The Morgan fingerprint density at radius 2 is 1.75 bits per heavy atom. The zero-order chi connectivity index (χ0) is 20.1. The van der Waals surface area contributed by atoms with Crippen molar-refractivity contribution in [3.05, 3.63) is 71.4 Å². The van der Waals surface area contributed by atoms with E-state index in [0.717, 1.165) is 16.5 Å². The number of carbonyl (C=O) groups excluding carboxylic acids is 2. The molecule has 0 saturated carbocycles. The molecule has 3 N–H and O–H groups in total. The summed E-state index contributed by atoms with van der Waals surface area (Å²) in [5, 5.41) is 14.5. The van der Waals surface area contributed by atoms with Crippen molar-refractivity contribution in [2.24, 2.45) is 0 Å². The van der Waals surface area contributed by atoms with Crippen molar-refractivity contribution < 1.29 is 19.5 Å². The standard InChI is InChI=1S/C21H19N3O4/c1-13-11-22-17-5-3-2-4-16(17)20(13)21(28)24-15-8-6-14(7-9-15)10-18(25)23-12-19(26)27/h2-9,11H,10,12H2,1H3,(H,23,25)(H,24,28)(H,26,27). The first-order valence-electron chi connectivity index (χ1n) is 8.67. The molecule has 2 aromatic carbocycles. The number of pyridine rings is 1. The van der Waals surface area contributed by atoms with Crippen LogP contribution in [0.4, 0.5) is 5.69 Å². The number of rotatable bonds is 6. The average Bonchev–Trinajstić information content (AvgIpc) is 2.67. The van der Waals surface area contributed by atoms with Crippen molar-refractivity contribution in [3.63, 3.8) is 0 Å². The van der Waals surface area contributed by atoms with E-state index in [-0.39, 0.29) is 18.2 Å². The molecule has 0 fully saturated rings. The fourth-order valence-corrected chi connectivity index (χ4v) is 2.86. The monoisotopic (exact) mass is 377 g/mol. The number of aliphatic carboxylic acids is 1. The maximum Gasteiger partial charge on any atom is 0.322 e. The molecule has 7 nitrogen and oxygen atoms in total. The molecule has 142 valence electrons. The predicted molar refractivity (Wildman–Crippen MR) is 105 cm³/mol. The number of hydrogen-bond acceptors (Lipinski definition) is 4. The molecule has 0 bridgehead atoms. The second-order valence-electron chi connectivity index (χ2n) is 6.33. The van der Waals surface area contributed by atoms with Gasteiger partial charge >= 0.3 is 5.97 Å². The molecule has 0 saturated heterocycles. The Hall–Kier alpha value is -3.74. The summed E-state index contributed by atoms with van der Waals surface area (Å²) >= 11 is 0. The summed E-state index contributed by atoms with van der Waals surface area (Å²) in [6.45, 7) is 1.43. The summed E-state index contributed by atoms with van der Waals surface area (Å²) in [5.41, 5.74) is 3.41. The van der Waals surface area contributed by atoms with Gasteiger partial charge in [-0.3, -0.25) is 19.4 Å². The number of benzene rings is 2. The number of hydrogen-bond donors (Lipinski definition) is 3. The van der Waals surface area contributed by atoms with E-state index in [1.54, 1.807) is 30.5 Å². The molecule has 0 aliphatic rings. The average molecular weight is 377 g/mol. The number of nitrogens with zero attached hydrogens (tertiary/aromatic N) is 1. The highest BCUT2D eigenvalue weighted by molar-refractivity contribution is 6.13. The molecule has 3 aromatic rings. The Morgan fingerprint density at radius 1 is 1.04 bits per heavy atom.